The average Bonchev–Trinajstić information content (AvgIpc) is 2.22. The minimum Gasteiger partial charge on any atom is -0.399 e. The van der Waals surface area contributed by atoms with E-state index in [4.69, 9.17) is 28.9 Å². The number of hydrogen-bond acceptors (Lipinski definition) is 1. The third-order valence-electron chi connectivity index (χ3n) is 2.48. The largest absolute Gasteiger partial charge is 0.399 e. The zero-order valence-corrected chi connectivity index (χ0v) is 10.3. The summed E-state index contributed by atoms with van der Waals surface area (Å²) in [5.41, 5.74) is 9.64. The van der Waals surface area contributed by atoms with Gasteiger partial charge in [-0.3, -0.25) is 0 Å². The van der Waals surface area contributed by atoms with Gasteiger partial charge in [0.15, 0.2) is 0 Å². The Balaban J connectivity index is 2.62. The van der Waals surface area contributed by atoms with Crippen molar-refractivity contribution in [2.24, 2.45) is 0 Å². The summed E-state index contributed by atoms with van der Waals surface area (Å²) in [4.78, 5) is 0. The van der Waals surface area contributed by atoms with Crippen molar-refractivity contribution in [1.82, 2.24) is 0 Å². The molecule has 2 N–H and O–H groups in total. The third kappa shape index (κ3) is 2.16. The van der Waals surface area contributed by atoms with Crippen LogP contribution in [0.3, 0.4) is 0 Å². The van der Waals surface area contributed by atoms with Crippen LogP contribution in [0.1, 0.15) is 5.56 Å². The number of nitrogens with two attached hydrogens (primary N) is 1. The van der Waals surface area contributed by atoms with E-state index in [-0.39, 0.29) is 0 Å². The van der Waals surface area contributed by atoms with Gasteiger partial charge in [0.25, 0.3) is 0 Å². The van der Waals surface area contributed by atoms with Gasteiger partial charge < -0.3 is 5.73 Å². The van der Waals surface area contributed by atoms with Crippen molar-refractivity contribution in [2.45, 2.75) is 6.92 Å². The molecule has 0 aliphatic heterocycles. The van der Waals surface area contributed by atoms with Gasteiger partial charge in [-0.25, -0.2) is 0 Å². The molecule has 0 saturated heterocycles. The van der Waals surface area contributed by atoms with E-state index < -0.39 is 0 Å². The fourth-order valence-electron chi connectivity index (χ4n) is 1.64. The molecule has 0 aromatic heterocycles. The van der Waals surface area contributed by atoms with E-state index in [9.17, 15) is 0 Å². The highest BCUT2D eigenvalue weighted by atomic mass is 35.5. The Hall–Kier alpha value is -1.18. The molecule has 0 heterocycles. The monoisotopic (exact) mass is 251 g/mol. The Morgan fingerprint density at radius 1 is 0.938 bits per heavy atom. The van der Waals surface area contributed by atoms with Crippen molar-refractivity contribution in [3.05, 3.63) is 52.0 Å². The first-order valence-electron chi connectivity index (χ1n) is 4.89. The highest BCUT2D eigenvalue weighted by molar-refractivity contribution is 6.36. The van der Waals surface area contributed by atoms with Crippen LogP contribution in [0.4, 0.5) is 5.69 Å². The van der Waals surface area contributed by atoms with E-state index in [0.717, 1.165) is 22.4 Å². The van der Waals surface area contributed by atoms with Crippen LogP contribution >= 0.6 is 23.2 Å². The Labute approximate surface area is 105 Å². The van der Waals surface area contributed by atoms with Crippen LogP contribution in [0.15, 0.2) is 36.4 Å². The summed E-state index contributed by atoms with van der Waals surface area (Å²) < 4.78 is 0. The number of rotatable bonds is 1. The van der Waals surface area contributed by atoms with E-state index >= 15 is 0 Å². The summed E-state index contributed by atoms with van der Waals surface area (Å²) in [7, 11) is 0. The van der Waals surface area contributed by atoms with E-state index in [1.54, 1.807) is 6.07 Å². The summed E-state index contributed by atoms with van der Waals surface area (Å²) in [6, 6.07) is 11.3. The highest BCUT2D eigenvalue weighted by Crippen LogP contribution is 2.33. The standard InChI is InChI=1S/C13H11Cl2N/c1-8-2-4-10(16)7-12(8)11-5-3-9(14)6-13(11)15/h2-7H,16H2,1H3. The van der Waals surface area contributed by atoms with Gasteiger partial charge in [0.2, 0.25) is 0 Å². The van der Waals surface area contributed by atoms with Gasteiger partial charge in [-0.1, -0.05) is 35.3 Å². The quantitative estimate of drug-likeness (QED) is 0.740. The maximum Gasteiger partial charge on any atom is 0.0499 e. The van der Waals surface area contributed by atoms with E-state index in [1.807, 2.05) is 37.3 Å². The van der Waals surface area contributed by atoms with Crippen LogP contribution in [0, 0.1) is 6.92 Å². The van der Waals surface area contributed by atoms with Crippen molar-refractivity contribution in [2.75, 3.05) is 5.73 Å². The van der Waals surface area contributed by atoms with Crippen LogP contribution in [0.2, 0.25) is 10.0 Å². The second-order valence-electron chi connectivity index (χ2n) is 3.70. The van der Waals surface area contributed by atoms with Gasteiger partial charge in [-0.05, 0) is 42.3 Å². The molecule has 82 valence electrons. The first kappa shape index (κ1) is 11.3. The molecule has 2 aromatic rings. The lowest BCUT2D eigenvalue weighted by atomic mass is 10.00. The van der Waals surface area contributed by atoms with Crippen LogP contribution in [0.5, 0.6) is 0 Å². The molecule has 2 aromatic carbocycles. The molecule has 3 heteroatoms. The molecule has 1 nitrogen and oxygen atoms in total. The molecular weight excluding hydrogens is 241 g/mol. The summed E-state index contributed by atoms with van der Waals surface area (Å²) in [6.07, 6.45) is 0. The Kier molecular flexibility index (Phi) is 3.08. The molecule has 0 aliphatic carbocycles. The molecule has 0 atom stereocenters. The number of aryl methyl sites for hydroxylation is 1. The highest BCUT2D eigenvalue weighted by Gasteiger charge is 2.07. The van der Waals surface area contributed by atoms with Gasteiger partial charge in [0, 0.05) is 21.3 Å². The van der Waals surface area contributed by atoms with Crippen molar-refractivity contribution in [3.63, 3.8) is 0 Å². The minimum absolute atomic E-state index is 0.635. The van der Waals surface area contributed by atoms with Crippen molar-refractivity contribution in [1.29, 1.82) is 0 Å². The van der Waals surface area contributed by atoms with Gasteiger partial charge in [0.1, 0.15) is 0 Å². The van der Waals surface area contributed by atoms with Gasteiger partial charge in [0.05, 0.1) is 0 Å². The van der Waals surface area contributed by atoms with Gasteiger partial charge >= 0.3 is 0 Å². The zero-order chi connectivity index (χ0) is 11.7. The van der Waals surface area contributed by atoms with E-state index in [0.29, 0.717) is 10.0 Å². The van der Waals surface area contributed by atoms with Crippen molar-refractivity contribution in [3.8, 4) is 11.1 Å². The molecular formula is C13H11Cl2N. The van der Waals surface area contributed by atoms with Crippen molar-refractivity contribution < 1.29 is 0 Å². The third-order valence-corrected chi connectivity index (χ3v) is 3.03. The normalized spacial score (nSPS) is 10.4. The van der Waals surface area contributed by atoms with E-state index in [2.05, 4.69) is 0 Å². The number of nitrogen functional groups attached to an aromatic ring is 1. The Morgan fingerprint density at radius 2 is 1.69 bits per heavy atom. The summed E-state index contributed by atoms with van der Waals surface area (Å²) >= 11 is 12.0. The topological polar surface area (TPSA) is 26.0 Å². The molecule has 0 aliphatic rings. The maximum absolute atomic E-state index is 6.16. The van der Waals surface area contributed by atoms with Crippen LogP contribution in [-0.4, -0.2) is 0 Å². The Bertz CT molecular complexity index is 535. The average molecular weight is 252 g/mol. The first-order chi connectivity index (χ1) is 7.58. The smallest absolute Gasteiger partial charge is 0.0499 e. The predicted molar refractivity (Wildman–Crippen MR) is 71.0 cm³/mol. The number of benzene rings is 2. The SMILES string of the molecule is Cc1ccc(N)cc1-c1ccc(Cl)cc1Cl. The Morgan fingerprint density at radius 3 is 2.38 bits per heavy atom. The van der Waals surface area contributed by atoms with Crippen LogP contribution < -0.4 is 5.73 Å². The molecule has 2 rings (SSSR count). The number of hydrogen-bond donors (Lipinski definition) is 1. The molecule has 0 radical (unpaired) electrons. The van der Waals surface area contributed by atoms with Gasteiger partial charge in [-0.15, -0.1) is 0 Å². The molecule has 16 heavy (non-hydrogen) atoms. The zero-order valence-electron chi connectivity index (χ0n) is 8.80. The molecule has 0 saturated carbocycles. The fraction of sp³-hybridized carbons (Fsp3) is 0.0769. The number of halogens is 2. The van der Waals surface area contributed by atoms with Gasteiger partial charge in [-0.2, -0.15) is 0 Å². The fourth-order valence-corrected chi connectivity index (χ4v) is 2.15. The lowest BCUT2D eigenvalue weighted by molar-refractivity contribution is 1.46. The molecule has 0 spiro atoms. The minimum atomic E-state index is 0.635. The molecule has 0 amide bonds. The molecule has 0 unspecified atom stereocenters. The van der Waals surface area contributed by atoms with E-state index in [1.165, 1.54) is 0 Å². The lowest BCUT2D eigenvalue weighted by Crippen LogP contribution is -1.89. The second kappa shape index (κ2) is 4.36. The maximum atomic E-state index is 6.16. The number of anilines is 1. The lowest BCUT2D eigenvalue weighted by Gasteiger charge is -2.09. The van der Waals surface area contributed by atoms with Crippen LogP contribution in [-0.2, 0) is 0 Å². The van der Waals surface area contributed by atoms with Crippen LogP contribution in [0.25, 0.3) is 11.1 Å². The first-order valence-corrected chi connectivity index (χ1v) is 5.65. The molecule has 0 bridgehead atoms. The second-order valence-corrected chi connectivity index (χ2v) is 4.54. The summed E-state index contributed by atoms with van der Waals surface area (Å²) in [6.45, 7) is 2.03. The van der Waals surface area contributed by atoms with Crippen molar-refractivity contribution >= 4 is 28.9 Å². The molecule has 0 fully saturated rings. The predicted octanol–water partition coefficient (Wildman–Crippen LogP) is 4.55. The summed E-state index contributed by atoms with van der Waals surface area (Å²) in [5, 5.41) is 1.27. The summed E-state index contributed by atoms with van der Waals surface area (Å²) in [5.74, 6) is 0.